The number of fused-ring (bicyclic) bond motifs is 1. The van der Waals surface area contributed by atoms with E-state index in [0.717, 1.165) is 28.1 Å². The second kappa shape index (κ2) is 8.42. The molecule has 5 rings (SSSR count). The molecule has 0 aromatic carbocycles. The third-order valence-corrected chi connectivity index (χ3v) is 5.91. The van der Waals surface area contributed by atoms with Crippen molar-refractivity contribution in [1.82, 2.24) is 24.9 Å². The van der Waals surface area contributed by atoms with Gasteiger partial charge < -0.3 is 9.84 Å². The summed E-state index contributed by atoms with van der Waals surface area (Å²) >= 11 is 0. The van der Waals surface area contributed by atoms with Crippen LogP contribution in [0.25, 0.3) is 28.2 Å². The molecule has 1 fully saturated rings. The lowest BCUT2D eigenvalue weighted by molar-refractivity contribution is 0.386. The Kier molecular flexibility index (Phi) is 5.31. The van der Waals surface area contributed by atoms with Crippen molar-refractivity contribution >= 4 is 16.7 Å². The van der Waals surface area contributed by atoms with E-state index in [1.165, 1.54) is 32.1 Å². The molecule has 8 nitrogen and oxygen atoms in total. The lowest BCUT2D eigenvalue weighted by atomic mass is 9.87. The van der Waals surface area contributed by atoms with Crippen LogP contribution in [0.5, 0.6) is 0 Å². The first kappa shape index (κ1) is 20.2. The van der Waals surface area contributed by atoms with Crippen molar-refractivity contribution in [2.45, 2.75) is 57.9 Å². The van der Waals surface area contributed by atoms with Gasteiger partial charge in [-0.2, -0.15) is 15.0 Å². The van der Waals surface area contributed by atoms with Gasteiger partial charge in [0.25, 0.3) is 0 Å². The highest BCUT2D eigenvalue weighted by molar-refractivity contribution is 5.79. The molecule has 4 aromatic heterocycles. The Bertz CT molecular complexity index is 1290. The number of nitrogens with zero attached hydrogens (tertiary/aromatic N) is 6. The van der Waals surface area contributed by atoms with Crippen LogP contribution in [0.4, 0.5) is 5.69 Å². The van der Waals surface area contributed by atoms with Crippen LogP contribution in [0.3, 0.4) is 0 Å². The quantitative estimate of drug-likeness (QED) is 0.466. The first-order chi connectivity index (χ1) is 15.6. The van der Waals surface area contributed by atoms with Crippen LogP contribution in [-0.2, 0) is 0 Å². The summed E-state index contributed by atoms with van der Waals surface area (Å²) in [6.07, 6.45) is 11.2. The van der Waals surface area contributed by atoms with Crippen molar-refractivity contribution in [3.8, 4) is 23.2 Å². The van der Waals surface area contributed by atoms with Crippen LogP contribution in [-0.4, -0.2) is 30.9 Å². The van der Waals surface area contributed by atoms with E-state index in [1.54, 1.807) is 29.3 Å². The number of aromatic nitrogens is 5. The fourth-order valence-corrected chi connectivity index (χ4v) is 4.34. The first-order valence-corrected chi connectivity index (χ1v) is 11.1. The highest BCUT2D eigenvalue weighted by atomic mass is 16.5. The predicted molar refractivity (Wildman–Crippen MR) is 121 cm³/mol. The van der Waals surface area contributed by atoms with E-state index in [9.17, 15) is 0 Å². The number of anilines is 1. The zero-order valence-electron chi connectivity index (χ0n) is 18.2. The fourth-order valence-electron chi connectivity index (χ4n) is 4.34. The fraction of sp³-hybridized carbons (Fsp3) is 0.375. The van der Waals surface area contributed by atoms with E-state index >= 15 is 0 Å². The maximum absolute atomic E-state index is 9.11. The Morgan fingerprint density at radius 2 is 1.94 bits per heavy atom. The van der Waals surface area contributed by atoms with Gasteiger partial charge in [-0.15, -0.1) is 0 Å². The molecular weight excluding hydrogens is 402 g/mol. The molecule has 8 heteroatoms. The van der Waals surface area contributed by atoms with Crippen LogP contribution in [0.1, 0.15) is 63.1 Å². The molecule has 0 atom stereocenters. The summed E-state index contributed by atoms with van der Waals surface area (Å²) in [4.78, 5) is 9.05. The number of hydrogen-bond donors (Lipinski definition) is 1. The van der Waals surface area contributed by atoms with Gasteiger partial charge in [0.2, 0.25) is 0 Å². The minimum atomic E-state index is 0.218. The zero-order chi connectivity index (χ0) is 22.1. The summed E-state index contributed by atoms with van der Waals surface area (Å²) in [5, 5.41) is 22.2. The third-order valence-electron chi connectivity index (χ3n) is 5.91. The van der Waals surface area contributed by atoms with Gasteiger partial charge in [-0.1, -0.05) is 24.4 Å². The van der Waals surface area contributed by atoms with Gasteiger partial charge in [0.15, 0.2) is 17.2 Å². The highest BCUT2D eigenvalue weighted by Gasteiger charge is 2.21. The number of nitrogens with one attached hydrogen (secondary N) is 1. The van der Waals surface area contributed by atoms with Gasteiger partial charge in [0.1, 0.15) is 6.07 Å². The minimum Gasteiger partial charge on any atom is -0.382 e. The van der Waals surface area contributed by atoms with Crippen LogP contribution >= 0.6 is 0 Å². The highest BCUT2D eigenvalue weighted by Crippen LogP contribution is 2.36. The molecule has 0 saturated heterocycles. The monoisotopic (exact) mass is 427 g/mol. The van der Waals surface area contributed by atoms with Crippen LogP contribution in [0, 0.1) is 11.3 Å². The second-order valence-electron chi connectivity index (χ2n) is 8.64. The lowest BCUT2D eigenvalue weighted by Crippen LogP contribution is -2.12. The van der Waals surface area contributed by atoms with Crippen molar-refractivity contribution in [2.24, 2.45) is 0 Å². The van der Waals surface area contributed by atoms with Crippen LogP contribution in [0.2, 0.25) is 0 Å². The number of rotatable bonds is 5. The largest absolute Gasteiger partial charge is 0.382 e. The van der Waals surface area contributed by atoms with Crippen molar-refractivity contribution in [3.63, 3.8) is 0 Å². The molecule has 1 aliphatic carbocycles. The smallest absolute Gasteiger partial charge is 0.170 e. The van der Waals surface area contributed by atoms with E-state index in [4.69, 9.17) is 9.78 Å². The standard InChI is InChI=1S/C24H25N7O/c1-15(2)29-21-10-23(31-24-18(13-28-31)8-16(11-25)12-27-24)26-14-19(21)22-9-20(30-32-22)17-6-4-3-5-7-17/h8-10,12-15,17H,3-7H2,1-2H3,(H,26,29). The Hall–Kier alpha value is -3.73. The molecule has 32 heavy (non-hydrogen) atoms. The summed E-state index contributed by atoms with van der Waals surface area (Å²) in [5.41, 5.74) is 3.96. The Balaban J connectivity index is 1.53. The maximum atomic E-state index is 9.11. The Labute approximate surface area is 186 Å². The molecule has 0 bridgehead atoms. The normalized spacial score (nSPS) is 14.7. The molecule has 1 saturated carbocycles. The molecule has 4 aromatic rings. The molecule has 1 N–H and O–H groups in total. The van der Waals surface area contributed by atoms with E-state index in [1.807, 2.05) is 6.07 Å². The van der Waals surface area contributed by atoms with E-state index < -0.39 is 0 Å². The average molecular weight is 428 g/mol. The molecule has 0 amide bonds. The molecule has 1 aliphatic rings. The van der Waals surface area contributed by atoms with Crippen molar-refractivity contribution in [1.29, 1.82) is 5.26 Å². The SMILES string of the molecule is CC(C)Nc1cc(-n2ncc3cc(C#N)cnc32)ncc1-c1cc(C2CCCCC2)no1. The van der Waals surface area contributed by atoms with Crippen molar-refractivity contribution in [3.05, 3.63) is 48.0 Å². The van der Waals surface area contributed by atoms with Crippen LogP contribution < -0.4 is 5.32 Å². The van der Waals surface area contributed by atoms with Gasteiger partial charge in [-0.25, -0.2) is 9.97 Å². The van der Waals surface area contributed by atoms with Gasteiger partial charge in [-0.3, -0.25) is 0 Å². The Morgan fingerprint density at radius 1 is 1.09 bits per heavy atom. The van der Waals surface area contributed by atoms with Gasteiger partial charge in [0.05, 0.1) is 28.7 Å². The summed E-state index contributed by atoms with van der Waals surface area (Å²) in [7, 11) is 0. The maximum Gasteiger partial charge on any atom is 0.170 e. The third kappa shape index (κ3) is 3.82. The minimum absolute atomic E-state index is 0.218. The summed E-state index contributed by atoms with van der Waals surface area (Å²) in [6, 6.07) is 8.11. The van der Waals surface area contributed by atoms with E-state index in [0.29, 0.717) is 22.9 Å². The van der Waals surface area contributed by atoms with E-state index in [2.05, 4.69) is 51.5 Å². The molecular formula is C24H25N7O. The van der Waals surface area contributed by atoms with Crippen molar-refractivity contribution < 1.29 is 4.52 Å². The predicted octanol–water partition coefficient (Wildman–Crippen LogP) is 5.21. The Morgan fingerprint density at radius 3 is 2.72 bits per heavy atom. The molecule has 0 unspecified atom stereocenters. The summed E-state index contributed by atoms with van der Waals surface area (Å²) < 4.78 is 7.44. The van der Waals surface area contributed by atoms with Crippen molar-refractivity contribution in [2.75, 3.05) is 5.32 Å². The first-order valence-electron chi connectivity index (χ1n) is 11.1. The summed E-state index contributed by atoms with van der Waals surface area (Å²) in [6.45, 7) is 4.18. The topological polar surface area (TPSA) is 105 Å². The molecule has 162 valence electrons. The number of nitriles is 1. The lowest BCUT2D eigenvalue weighted by Gasteiger charge is -2.18. The average Bonchev–Trinajstić information content (AvgIpc) is 3.46. The summed E-state index contributed by atoms with van der Waals surface area (Å²) in [5.74, 6) is 1.83. The number of pyridine rings is 2. The van der Waals surface area contributed by atoms with Gasteiger partial charge in [-0.05, 0) is 32.8 Å². The van der Waals surface area contributed by atoms with Gasteiger partial charge >= 0.3 is 0 Å². The number of hydrogen-bond acceptors (Lipinski definition) is 7. The van der Waals surface area contributed by atoms with Crippen LogP contribution in [0.15, 0.2) is 41.3 Å². The zero-order valence-corrected chi connectivity index (χ0v) is 18.2. The molecule has 4 heterocycles. The molecule has 0 radical (unpaired) electrons. The molecule has 0 aliphatic heterocycles. The van der Waals surface area contributed by atoms with Gasteiger partial charge in [0, 0.05) is 41.9 Å². The second-order valence-corrected chi connectivity index (χ2v) is 8.64. The molecule has 0 spiro atoms. The van der Waals surface area contributed by atoms with E-state index in [-0.39, 0.29) is 6.04 Å².